The van der Waals surface area contributed by atoms with Crippen molar-refractivity contribution >= 4 is 23.4 Å². The smallest absolute Gasteiger partial charge is 0.277 e. The summed E-state index contributed by atoms with van der Waals surface area (Å²) in [5.74, 6) is 0. The minimum absolute atomic E-state index is 0. The lowest BCUT2D eigenvalue weighted by Gasteiger charge is -1.85. The van der Waals surface area contributed by atoms with Crippen molar-refractivity contribution < 1.29 is 0 Å². The Balaban J connectivity index is 0.000000531. The number of imidazole rings is 1. The number of hydrogen-bond donors (Lipinski definition) is 3. The van der Waals surface area contributed by atoms with Crippen molar-refractivity contribution in [1.82, 2.24) is 19.9 Å². The average molecular weight is 214 g/mol. The largest absolute Gasteiger partial charge is 0.339 e. The van der Waals surface area contributed by atoms with Crippen molar-refractivity contribution in [1.29, 1.82) is 0 Å². The van der Waals surface area contributed by atoms with Crippen molar-refractivity contribution in [3.63, 3.8) is 0 Å². The molecule has 14 heavy (non-hydrogen) atoms. The molecule has 0 atom stereocenters. The Labute approximate surface area is 86.6 Å². The highest BCUT2D eigenvalue weighted by Crippen LogP contribution is 1.95. The second kappa shape index (κ2) is 5.33. The van der Waals surface area contributed by atoms with Crippen LogP contribution in [0.1, 0.15) is 21.3 Å². The number of aromatic nitrogens is 4. The fourth-order valence-corrected chi connectivity index (χ4v) is 1.06. The molecule has 6 heteroatoms. The normalized spacial score (nSPS) is 8.71. The third kappa shape index (κ3) is 2.29. The summed E-state index contributed by atoms with van der Waals surface area (Å²) in [6, 6.07) is 0. The molecule has 0 amide bonds. The lowest BCUT2D eigenvalue weighted by atomic mass is 10.6. The standard InChI is InChI=1S/C5H4N4OS.C2H6.CH4/c10-4-2-3(7-1-6-2)8-5(11)9-4;1-2;/h1H,(H3,6,7,8,9,10,11);1-2H3;1H4. The van der Waals surface area contributed by atoms with Gasteiger partial charge in [-0.05, 0) is 12.2 Å². The molecule has 0 bridgehead atoms. The molecular formula is C8H14N4OS. The van der Waals surface area contributed by atoms with Gasteiger partial charge in [-0.3, -0.25) is 9.78 Å². The van der Waals surface area contributed by atoms with Crippen LogP contribution in [-0.2, 0) is 0 Å². The molecule has 2 aromatic heterocycles. The maximum Gasteiger partial charge on any atom is 0.277 e. The molecule has 0 spiro atoms. The Hall–Kier alpha value is -1.43. The van der Waals surface area contributed by atoms with E-state index in [-0.39, 0.29) is 17.8 Å². The van der Waals surface area contributed by atoms with E-state index in [4.69, 9.17) is 12.2 Å². The molecule has 0 aliphatic carbocycles. The molecule has 0 fully saturated rings. The number of hydrogen-bond acceptors (Lipinski definition) is 3. The van der Waals surface area contributed by atoms with Gasteiger partial charge in [0.25, 0.3) is 5.56 Å². The SMILES string of the molecule is C.CC.O=c1[nH]c(=S)[nH]c2nc[nH]c12. The number of fused-ring (bicyclic) bond motifs is 1. The first-order valence-corrected chi connectivity index (χ1v) is 4.34. The number of rotatable bonds is 0. The van der Waals surface area contributed by atoms with E-state index in [1.165, 1.54) is 6.33 Å². The van der Waals surface area contributed by atoms with Crippen molar-refractivity contribution in [2.75, 3.05) is 0 Å². The highest BCUT2D eigenvalue weighted by Gasteiger charge is 1.98. The first-order chi connectivity index (χ1) is 6.27. The molecule has 0 saturated carbocycles. The summed E-state index contributed by atoms with van der Waals surface area (Å²) in [5.41, 5.74) is 0.651. The Bertz CT molecular complexity index is 496. The molecule has 0 radical (unpaired) electrons. The minimum Gasteiger partial charge on any atom is -0.339 e. The van der Waals surface area contributed by atoms with E-state index in [1.807, 2.05) is 13.8 Å². The van der Waals surface area contributed by atoms with Crippen molar-refractivity contribution in [3.05, 3.63) is 21.5 Å². The fourth-order valence-electron chi connectivity index (χ4n) is 0.867. The summed E-state index contributed by atoms with van der Waals surface area (Å²) in [4.78, 5) is 22.7. The van der Waals surface area contributed by atoms with Gasteiger partial charge in [0, 0.05) is 0 Å². The van der Waals surface area contributed by atoms with Crippen LogP contribution >= 0.6 is 12.2 Å². The summed E-state index contributed by atoms with van der Waals surface area (Å²) < 4.78 is 0.287. The molecule has 2 heterocycles. The highest BCUT2D eigenvalue weighted by atomic mass is 32.1. The first-order valence-electron chi connectivity index (χ1n) is 3.93. The molecular weight excluding hydrogens is 200 g/mol. The van der Waals surface area contributed by atoms with Gasteiger partial charge < -0.3 is 9.97 Å². The molecule has 5 nitrogen and oxygen atoms in total. The number of H-pyrrole nitrogens is 3. The predicted octanol–water partition coefficient (Wildman–Crippen LogP) is 1.97. The molecule has 0 aliphatic heterocycles. The van der Waals surface area contributed by atoms with E-state index in [1.54, 1.807) is 0 Å². The number of nitrogens with one attached hydrogen (secondary N) is 3. The zero-order valence-corrected chi connectivity index (χ0v) is 8.16. The van der Waals surface area contributed by atoms with Crippen LogP contribution in [0.25, 0.3) is 11.2 Å². The summed E-state index contributed by atoms with van der Waals surface area (Å²) in [5, 5.41) is 0. The van der Waals surface area contributed by atoms with Crippen LogP contribution in [0.4, 0.5) is 0 Å². The molecule has 2 aromatic rings. The van der Waals surface area contributed by atoms with Crippen molar-refractivity contribution in [3.8, 4) is 0 Å². The van der Waals surface area contributed by atoms with Crippen molar-refractivity contribution in [2.24, 2.45) is 0 Å². The van der Waals surface area contributed by atoms with E-state index < -0.39 is 0 Å². The highest BCUT2D eigenvalue weighted by molar-refractivity contribution is 7.71. The summed E-state index contributed by atoms with van der Waals surface area (Å²) in [6.45, 7) is 4.00. The second-order valence-electron chi connectivity index (χ2n) is 2.03. The Morgan fingerprint density at radius 2 is 2.00 bits per heavy atom. The monoisotopic (exact) mass is 214 g/mol. The van der Waals surface area contributed by atoms with E-state index in [0.717, 1.165) is 0 Å². The van der Waals surface area contributed by atoms with Gasteiger partial charge >= 0.3 is 0 Å². The van der Waals surface area contributed by atoms with E-state index >= 15 is 0 Å². The molecule has 2 rings (SSSR count). The molecule has 3 N–H and O–H groups in total. The zero-order valence-electron chi connectivity index (χ0n) is 7.34. The Kier molecular flexibility index (Phi) is 4.79. The van der Waals surface area contributed by atoms with Gasteiger partial charge in [0.15, 0.2) is 10.4 Å². The number of aromatic amines is 3. The van der Waals surface area contributed by atoms with Crippen LogP contribution in [0.2, 0.25) is 0 Å². The van der Waals surface area contributed by atoms with Gasteiger partial charge in [0.05, 0.1) is 6.33 Å². The van der Waals surface area contributed by atoms with Gasteiger partial charge in [-0.2, -0.15) is 0 Å². The third-order valence-corrected chi connectivity index (χ3v) is 1.53. The second-order valence-corrected chi connectivity index (χ2v) is 2.44. The molecule has 0 aromatic carbocycles. The van der Waals surface area contributed by atoms with E-state index in [2.05, 4.69) is 19.9 Å². The summed E-state index contributed by atoms with van der Waals surface area (Å²) in [6.07, 6.45) is 1.44. The maximum atomic E-state index is 11.0. The predicted molar refractivity (Wildman–Crippen MR) is 60.0 cm³/mol. The minimum atomic E-state index is -0.249. The van der Waals surface area contributed by atoms with Crippen LogP contribution in [0.15, 0.2) is 11.1 Å². The zero-order chi connectivity index (χ0) is 9.84. The molecule has 0 saturated heterocycles. The quantitative estimate of drug-likeness (QED) is 0.587. The van der Waals surface area contributed by atoms with E-state index in [0.29, 0.717) is 11.2 Å². The van der Waals surface area contributed by atoms with Gasteiger partial charge in [-0.15, -0.1) is 0 Å². The van der Waals surface area contributed by atoms with Crippen LogP contribution in [-0.4, -0.2) is 19.9 Å². The Morgan fingerprint density at radius 1 is 1.36 bits per heavy atom. The van der Waals surface area contributed by atoms with Crippen LogP contribution < -0.4 is 5.56 Å². The topological polar surface area (TPSA) is 77.3 Å². The summed E-state index contributed by atoms with van der Waals surface area (Å²) in [7, 11) is 0. The Morgan fingerprint density at radius 3 is 2.64 bits per heavy atom. The fraction of sp³-hybridized carbons (Fsp3) is 0.375. The number of nitrogens with zero attached hydrogens (tertiary/aromatic N) is 1. The molecule has 0 unspecified atom stereocenters. The lowest BCUT2D eigenvalue weighted by Crippen LogP contribution is -2.07. The van der Waals surface area contributed by atoms with Gasteiger partial charge in [-0.1, -0.05) is 21.3 Å². The summed E-state index contributed by atoms with van der Waals surface area (Å²) >= 11 is 4.73. The van der Waals surface area contributed by atoms with Gasteiger partial charge in [0.2, 0.25) is 0 Å². The maximum absolute atomic E-state index is 11.0. The van der Waals surface area contributed by atoms with Crippen LogP contribution in [0.5, 0.6) is 0 Å². The third-order valence-electron chi connectivity index (χ3n) is 1.33. The average Bonchev–Trinajstić information content (AvgIpc) is 2.55. The molecule has 0 aliphatic rings. The first kappa shape index (κ1) is 12.6. The van der Waals surface area contributed by atoms with Gasteiger partial charge in [-0.25, -0.2) is 4.98 Å². The lowest BCUT2D eigenvalue weighted by molar-refractivity contribution is 1.12. The van der Waals surface area contributed by atoms with Gasteiger partial charge in [0.1, 0.15) is 5.52 Å². The van der Waals surface area contributed by atoms with Crippen LogP contribution in [0.3, 0.4) is 0 Å². The van der Waals surface area contributed by atoms with Crippen LogP contribution in [0, 0.1) is 4.77 Å². The van der Waals surface area contributed by atoms with Crippen molar-refractivity contribution in [2.45, 2.75) is 21.3 Å². The molecule has 78 valence electrons. The van der Waals surface area contributed by atoms with E-state index in [9.17, 15) is 4.79 Å².